The highest BCUT2D eigenvalue weighted by atomic mass is 35.5. The number of likely N-dealkylation sites (tertiary alicyclic amines) is 1. The summed E-state index contributed by atoms with van der Waals surface area (Å²) in [6.07, 6.45) is 1.91. The van der Waals surface area contributed by atoms with E-state index in [0.717, 1.165) is 25.9 Å². The molecule has 1 heterocycles. The lowest BCUT2D eigenvalue weighted by atomic mass is 9.90. The lowest BCUT2D eigenvalue weighted by molar-refractivity contribution is 0.0831. The number of hydrogen-bond donors (Lipinski definition) is 1. The van der Waals surface area contributed by atoms with Gasteiger partial charge < -0.3 is 10.5 Å². The maximum atomic E-state index is 14.1. The van der Waals surface area contributed by atoms with Gasteiger partial charge in [0.2, 0.25) is 0 Å². The molecule has 2 unspecified atom stereocenters. The van der Waals surface area contributed by atoms with Gasteiger partial charge in [-0.1, -0.05) is 17.7 Å². The Balaban J connectivity index is 2.30. The van der Waals surface area contributed by atoms with Crippen LogP contribution in [-0.2, 0) is 4.74 Å². The molecule has 1 aliphatic heterocycles. The predicted octanol–water partition coefficient (Wildman–Crippen LogP) is 2.59. The average molecular weight is 287 g/mol. The van der Waals surface area contributed by atoms with Crippen LogP contribution in [0.25, 0.3) is 0 Å². The quantitative estimate of drug-likeness (QED) is 0.925. The zero-order valence-corrected chi connectivity index (χ0v) is 11.9. The number of hydrogen-bond acceptors (Lipinski definition) is 3. The van der Waals surface area contributed by atoms with Gasteiger partial charge in [-0.25, -0.2) is 4.39 Å². The summed E-state index contributed by atoms with van der Waals surface area (Å²) in [6.45, 7) is 2.24. The van der Waals surface area contributed by atoms with Gasteiger partial charge in [0.25, 0.3) is 0 Å². The van der Waals surface area contributed by atoms with E-state index in [9.17, 15) is 4.39 Å². The lowest BCUT2D eigenvalue weighted by Crippen LogP contribution is -2.47. The summed E-state index contributed by atoms with van der Waals surface area (Å²) < 4.78 is 19.2. The van der Waals surface area contributed by atoms with Gasteiger partial charge in [0.1, 0.15) is 5.82 Å². The third kappa shape index (κ3) is 3.26. The first kappa shape index (κ1) is 14.7. The molecule has 0 amide bonds. The number of nitrogens with two attached hydrogens (primary N) is 1. The highest BCUT2D eigenvalue weighted by molar-refractivity contribution is 6.31. The molecule has 106 valence electrons. The summed E-state index contributed by atoms with van der Waals surface area (Å²) in [4.78, 5) is 2.17. The maximum absolute atomic E-state index is 14.1. The first-order chi connectivity index (χ1) is 9.15. The molecule has 1 aliphatic rings. The van der Waals surface area contributed by atoms with Crippen molar-refractivity contribution in [3.63, 3.8) is 0 Å². The topological polar surface area (TPSA) is 38.5 Å². The van der Waals surface area contributed by atoms with Crippen molar-refractivity contribution in [1.82, 2.24) is 4.90 Å². The van der Waals surface area contributed by atoms with Gasteiger partial charge in [0.15, 0.2) is 0 Å². The van der Waals surface area contributed by atoms with Crippen LogP contribution in [0.5, 0.6) is 0 Å². The van der Waals surface area contributed by atoms with E-state index in [1.165, 1.54) is 6.07 Å². The summed E-state index contributed by atoms with van der Waals surface area (Å²) >= 11 is 6.17. The van der Waals surface area contributed by atoms with Gasteiger partial charge in [-0.2, -0.15) is 0 Å². The Hall–Kier alpha value is -0.680. The second-order valence-electron chi connectivity index (χ2n) is 4.92. The van der Waals surface area contributed by atoms with Crippen molar-refractivity contribution in [2.75, 3.05) is 26.8 Å². The highest BCUT2D eigenvalue weighted by Crippen LogP contribution is 2.35. The van der Waals surface area contributed by atoms with Crippen LogP contribution in [0.4, 0.5) is 4.39 Å². The minimum absolute atomic E-state index is 0.0972. The maximum Gasteiger partial charge on any atom is 0.129 e. The molecule has 1 fully saturated rings. The van der Waals surface area contributed by atoms with E-state index in [2.05, 4.69) is 4.90 Å². The summed E-state index contributed by atoms with van der Waals surface area (Å²) in [5.41, 5.74) is 6.72. The molecular weight excluding hydrogens is 267 g/mol. The van der Waals surface area contributed by atoms with Crippen molar-refractivity contribution in [3.8, 4) is 0 Å². The minimum atomic E-state index is -0.280. The van der Waals surface area contributed by atoms with E-state index in [1.54, 1.807) is 19.2 Å². The molecule has 5 heteroatoms. The fraction of sp³-hybridized carbons (Fsp3) is 0.571. The second-order valence-corrected chi connectivity index (χ2v) is 5.32. The van der Waals surface area contributed by atoms with Crippen LogP contribution >= 0.6 is 11.6 Å². The molecule has 1 saturated heterocycles. The Morgan fingerprint density at radius 2 is 2.32 bits per heavy atom. The largest absolute Gasteiger partial charge is 0.383 e. The van der Waals surface area contributed by atoms with Crippen LogP contribution in [0.2, 0.25) is 5.02 Å². The highest BCUT2D eigenvalue weighted by Gasteiger charge is 2.33. The van der Waals surface area contributed by atoms with Crippen LogP contribution in [0.1, 0.15) is 24.4 Å². The number of benzene rings is 1. The zero-order valence-electron chi connectivity index (χ0n) is 11.1. The molecule has 3 nitrogen and oxygen atoms in total. The third-order valence-corrected chi connectivity index (χ3v) is 3.99. The Kier molecular flexibility index (Phi) is 5.16. The molecule has 0 aliphatic carbocycles. The normalized spacial score (nSPS) is 24.6. The van der Waals surface area contributed by atoms with Gasteiger partial charge in [0, 0.05) is 30.3 Å². The number of halogens is 2. The van der Waals surface area contributed by atoms with Crippen molar-refractivity contribution >= 4 is 11.6 Å². The van der Waals surface area contributed by atoms with E-state index in [4.69, 9.17) is 22.1 Å². The molecule has 2 N–H and O–H groups in total. The van der Waals surface area contributed by atoms with Crippen LogP contribution in [-0.4, -0.2) is 37.7 Å². The predicted molar refractivity (Wildman–Crippen MR) is 74.8 cm³/mol. The Bertz CT molecular complexity index is 410. The number of ether oxygens (including phenoxy) is 1. The van der Waals surface area contributed by atoms with E-state index in [-0.39, 0.29) is 17.9 Å². The molecule has 0 spiro atoms. The van der Waals surface area contributed by atoms with Gasteiger partial charge in [-0.05, 0) is 31.5 Å². The van der Waals surface area contributed by atoms with Crippen molar-refractivity contribution in [1.29, 1.82) is 0 Å². The van der Waals surface area contributed by atoms with Crippen molar-refractivity contribution in [2.45, 2.75) is 24.9 Å². The number of rotatable bonds is 4. The van der Waals surface area contributed by atoms with E-state index in [0.29, 0.717) is 17.2 Å². The Morgan fingerprint density at radius 3 is 3.00 bits per heavy atom. The molecule has 2 rings (SSSR count). The number of nitrogens with zero attached hydrogens (tertiary/aromatic N) is 1. The fourth-order valence-corrected chi connectivity index (χ4v) is 3.02. The molecule has 1 aromatic carbocycles. The number of methoxy groups -OCH3 is 1. The summed E-state index contributed by atoms with van der Waals surface area (Å²) in [5.74, 6) is -0.280. The zero-order chi connectivity index (χ0) is 13.8. The van der Waals surface area contributed by atoms with Crippen LogP contribution in [0.3, 0.4) is 0 Å². The lowest BCUT2D eigenvalue weighted by Gasteiger charge is -2.40. The Labute approximate surface area is 118 Å². The summed E-state index contributed by atoms with van der Waals surface area (Å²) in [5, 5.41) is 0.449. The molecule has 0 bridgehead atoms. The van der Waals surface area contributed by atoms with E-state index >= 15 is 0 Å². The molecule has 2 atom stereocenters. The van der Waals surface area contributed by atoms with Gasteiger partial charge in [-0.3, -0.25) is 4.90 Å². The fourth-order valence-electron chi connectivity index (χ4n) is 2.75. The average Bonchev–Trinajstić information content (AvgIpc) is 2.38. The second kappa shape index (κ2) is 6.66. The first-order valence-electron chi connectivity index (χ1n) is 6.57. The smallest absolute Gasteiger partial charge is 0.129 e. The first-order valence-corrected chi connectivity index (χ1v) is 6.95. The molecular formula is C14H20ClFN2O. The standard InChI is InChI=1S/C14H20ClFN2O/c1-19-9-8-18-7-3-6-12(17)14(18)13-10(15)4-2-5-11(13)16/h2,4-5,12,14H,3,6-9,17H2,1H3. The Morgan fingerprint density at radius 1 is 1.53 bits per heavy atom. The molecule has 0 saturated carbocycles. The van der Waals surface area contributed by atoms with Crippen molar-refractivity contribution in [2.24, 2.45) is 5.73 Å². The van der Waals surface area contributed by atoms with Crippen LogP contribution in [0, 0.1) is 5.82 Å². The van der Waals surface area contributed by atoms with Crippen molar-refractivity contribution < 1.29 is 9.13 Å². The van der Waals surface area contributed by atoms with Crippen LogP contribution < -0.4 is 5.73 Å². The van der Waals surface area contributed by atoms with Gasteiger partial charge in [-0.15, -0.1) is 0 Å². The van der Waals surface area contributed by atoms with Gasteiger partial charge in [0.05, 0.1) is 12.6 Å². The molecule has 0 aromatic heterocycles. The summed E-state index contributed by atoms with van der Waals surface area (Å²) in [6, 6.07) is 4.51. The van der Waals surface area contributed by atoms with E-state index in [1.807, 2.05) is 0 Å². The number of piperidine rings is 1. The monoisotopic (exact) mass is 286 g/mol. The van der Waals surface area contributed by atoms with Gasteiger partial charge >= 0.3 is 0 Å². The molecule has 1 aromatic rings. The molecule has 0 radical (unpaired) electrons. The molecule has 19 heavy (non-hydrogen) atoms. The minimum Gasteiger partial charge on any atom is -0.383 e. The summed E-state index contributed by atoms with van der Waals surface area (Å²) in [7, 11) is 1.66. The van der Waals surface area contributed by atoms with E-state index < -0.39 is 0 Å². The van der Waals surface area contributed by atoms with Crippen LogP contribution in [0.15, 0.2) is 18.2 Å². The SMILES string of the molecule is COCCN1CCCC(N)C1c1c(F)cccc1Cl. The third-order valence-electron chi connectivity index (χ3n) is 3.66. The van der Waals surface area contributed by atoms with Crippen molar-refractivity contribution in [3.05, 3.63) is 34.6 Å².